The number of H-pyrrole nitrogens is 1. The number of fused-ring (bicyclic) bond motifs is 3. The lowest BCUT2D eigenvalue weighted by Crippen LogP contribution is -2.38. The number of nitrogens with zero attached hydrogens (tertiary/aromatic N) is 4. The second-order valence-electron chi connectivity index (χ2n) is 6.23. The molecule has 2 N–H and O–H groups in total. The van der Waals surface area contributed by atoms with E-state index in [-0.39, 0.29) is 0 Å². The summed E-state index contributed by atoms with van der Waals surface area (Å²) in [4.78, 5) is 21.3. The quantitative estimate of drug-likeness (QED) is 0.742. The van der Waals surface area contributed by atoms with Crippen molar-refractivity contribution < 1.29 is 18.0 Å². The van der Waals surface area contributed by atoms with Crippen LogP contribution in [0.1, 0.15) is 6.42 Å². The van der Waals surface area contributed by atoms with Crippen molar-refractivity contribution in [2.45, 2.75) is 12.6 Å². The number of halogens is 3. The van der Waals surface area contributed by atoms with Crippen molar-refractivity contribution in [2.24, 2.45) is 5.92 Å². The Labute approximate surface area is 145 Å². The first kappa shape index (κ1) is 16.6. The molecule has 0 aliphatic carbocycles. The predicted octanol–water partition coefficient (Wildman–Crippen LogP) is 2.01. The maximum atomic E-state index is 12.3. The topological polar surface area (TPSA) is 86.8 Å². The molecule has 1 amide bonds. The largest absolute Gasteiger partial charge is 0.405 e. The molecule has 1 fully saturated rings. The second kappa shape index (κ2) is 6.11. The van der Waals surface area contributed by atoms with Gasteiger partial charge in [-0.2, -0.15) is 13.2 Å². The molecule has 1 atom stereocenters. The summed E-state index contributed by atoms with van der Waals surface area (Å²) < 4.78 is 36.9. The van der Waals surface area contributed by atoms with Crippen LogP contribution in [0.4, 0.5) is 19.0 Å². The Morgan fingerprint density at radius 2 is 2.19 bits per heavy atom. The molecule has 0 bridgehead atoms. The van der Waals surface area contributed by atoms with Crippen LogP contribution >= 0.6 is 0 Å². The lowest BCUT2D eigenvalue weighted by atomic mass is 10.1. The van der Waals surface area contributed by atoms with E-state index in [1.807, 2.05) is 16.3 Å². The molecular weight excluding hydrogens is 349 g/mol. The fourth-order valence-corrected chi connectivity index (χ4v) is 3.29. The number of aromatic amines is 1. The molecule has 1 aliphatic heterocycles. The minimum atomic E-state index is -4.41. The minimum Gasteiger partial charge on any atom is -0.357 e. The van der Waals surface area contributed by atoms with E-state index < -0.39 is 24.5 Å². The highest BCUT2D eigenvalue weighted by Crippen LogP contribution is 2.32. The Kier molecular flexibility index (Phi) is 3.89. The van der Waals surface area contributed by atoms with E-state index in [2.05, 4.69) is 20.2 Å². The van der Waals surface area contributed by atoms with Crippen LogP contribution in [0.3, 0.4) is 0 Å². The summed E-state index contributed by atoms with van der Waals surface area (Å²) in [6.45, 7) is -0.424. The Morgan fingerprint density at radius 3 is 3.00 bits per heavy atom. The van der Waals surface area contributed by atoms with Gasteiger partial charge < -0.3 is 15.2 Å². The molecular formula is C16H15F3N6O. The SMILES string of the molecule is O=C(NCC(F)(F)F)C1CCN(c2[nH]ccc3nnc4nccc4c23)C1. The van der Waals surface area contributed by atoms with Gasteiger partial charge in [0.25, 0.3) is 0 Å². The van der Waals surface area contributed by atoms with E-state index in [4.69, 9.17) is 0 Å². The molecule has 0 saturated carbocycles. The van der Waals surface area contributed by atoms with Crippen LogP contribution in [-0.2, 0) is 4.79 Å². The average molecular weight is 364 g/mol. The van der Waals surface area contributed by atoms with Crippen LogP contribution in [0.2, 0.25) is 0 Å². The first-order valence-electron chi connectivity index (χ1n) is 8.10. The van der Waals surface area contributed by atoms with Crippen molar-refractivity contribution in [1.29, 1.82) is 0 Å². The molecule has 0 aromatic carbocycles. The normalized spacial score (nSPS) is 18.0. The van der Waals surface area contributed by atoms with E-state index in [1.165, 1.54) is 0 Å². The van der Waals surface area contributed by atoms with Crippen LogP contribution < -0.4 is 10.2 Å². The Balaban J connectivity index is 1.59. The number of aromatic nitrogens is 4. The third kappa shape index (κ3) is 3.02. The molecule has 1 saturated heterocycles. The van der Waals surface area contributed by atoms with Crippen molar-refractivity contribution in [3.05, 3.63) is 24.5 Å². The zero-order chi connectivity index (χ0) is 18.3. The van der Waals surface area contributed by atoms with Crippen molar-refractivity contribution in [2.75, 3.05) is 24.5 Å². The fraction of sp³-hybridized carbons (Fsp3) is 0.375. The molecule has 3 aromatic rings. The molecule has 1 aliphatic rings. The molecule has 3 aromatic heterocycles. The highest BCUT2D eigenvalue weighted by Gasteiger charge is 2.33. The number of nitrogens with one attached hydrogen (secondary N) is 2. The van der Waals surface area contributed by atoms with E-state index in [0.29, 0.717) is 30.7 Å². The monoisotopic (exact) mass is 364 g/mol. The molecule has 1 unspecified atom stereocenters. The first-order chi connectivity index (χ1) is 12.4. The van der Waals surface area contributed by atoms with Gasteiger partial charge in [0.15, 0.2) is 5.65 Å². The molecule has 7 nitrogen and oxygen atoms in total. The minimum absolute atomic E-state index is 0.331. The van der Waals surface area contributed by atoms with Crippen LogP contribution in [-0.4, -0.2) is 51.9 Å². The summed E-state index contributed by atoms with van der Waals surface area (Å²) in [5.74, 6) is -0.310. The number of anilines is 1. The van der Waals surface area contributed by atoms with E-state index in [1.54, 1.807) is 18.5 Å². The van der Waals surface area contributed by atoms with Gasteiger partial charge in [0.05, 0.1) is 16.8 Å². The highest BCUT2D eigenvalue weighted by atomic mass is 19.4. The summed E-state index contributed by atoms with van der Waals surface area (Å²) in [5.41, 5.74) is 1.21. The van der Waals surface area contributed by atoms with Crippen LogP contribution in [0, 0.1) is 5.92 Å². The molecule has 0 radical (unpaired) electrons. The third-order valence-electron chi connectivity index (χ3n) is 4.49. The second-order valence-corrected chi connectivity index (χ2v) is 6.23. The van der Waals surface area contributed by atoms with Gasteiger partial charge in [-0.3, -0.25) is 4.79 Å². The number of hydrogen-bond donors (Lipinski definition) is 2. The molecule has 10 heteroatoms. The summed E-state index contributed by atoms with van der Waals surface area (Å²) in [7, 11) is 0. The Bertz CT molecular complexity index is 969. The highest BCUT2D eigenvalue weighted by molar-refractivity contribution is 6.08. The number of amides is 1. The smallest absolute Gasteiger partial charge is 0.357 e. The summed E-state index contributed by atoms with van der Waals surface area (Å²) in [6.07, 6.45) is -0.556. The van der Waals surface area contributed by atoms with Gasteiger partial charge in [-0.15, -0.1) is 10.2 Å². The van der Waals surface area contributed by atoms with Gasteiger partial charge in [-0.1, -0.05) is 0 Å². The van der Waals surface area contributed by atoms with E-state index in [0.717, 1.165) is 16.6 Å². The lowest BCUT2D eigenvalue weighted by Gasteiger charge is -2.20. The predicted molar refractivity (Wildman–Crippen MR) is 88.6 cm³/mol. The van der Waals surface area contributed by atoms with Crippen molar-refractivity contribution in [1.82, 2.24) is 25.5 Å². The van der Waals surface area contributed by atoms with Crippen LogP contribution in [0.25, 0.3) is 21.9 Å². The Morgan fingerprint density at radius 1 is 1.35 bits per heavy atom. The zero-order valence-electron chi connectivity index (χ0n) is 13.5. The zero-order valence-corrected chi connectivity index (χ0v) is 13.5. The van der Waals surface area contributed by atoms with Gasteiger partial charge in [-0.05, 0) is 18.6 Å². The van der Waals surface area contributed by atoms with Gasteiger partial charge in [0, 0.05) is 30.9 Å². The molecule has 136 valence electrons. The first-order valence-corrected chi connectivity index (χ1v) is 8.10. The third-order valence-corrected chi connectivity index (χ3v) is 4.49. The van der Waals surface area contributed by atoms with E-state index >= 15 is 0 Å². The number of hydrogen-bond acceptors (Lipinski definition) is 5. The molecule has 4 heterocycles. The average Bonchev–Trinajstić information content (AvgIpc) is 3.27. The van der Waals surface area contributed by atoms with Gasteiger partial charge in [0.2, 0.25) is 5.91 Å². The number of rotatable bonds is 3. The molecule has 26 heavy (non-hydrogen) atoms. The van der Waals surface area contributed by atoms with Gasteiger partial charge in [0.1, 0.15) is 12.4 Å². The van der Waals surface area contributed by atoms with Crippen LogP contribution in [0.5, 0.6) is 0 Å². The number of alkyl halides is 3. The van der Waals surface area contributed by atoms with Crippen molar-refractivity contribution in [3.8, 4) is 0 Å². The maximum absolute atomic E-state index is 12.3. The summed E-state index contributed by atoms with van der Waals surface area (Å²) in [6, 6.07) is 3.63. The molecule has 0 spiro atoms. The van der Waals surface area contributed by atoms with Gasteiger partial charge in [-0.25, -0.2) is 4.98 Å². The van der Waals surface area contributed by atoms with Crippen molar-refractivity contribution in [3.63, 3.8) is 0 Å². The maximum Gasteiger partial charge on any atom is 0.405 e. The summed E-state index contributed by atoms with van der Waals surface area (Å²) in [5, 5.41) is 11.9. The molecule has 4 rings (SSSR count). The number of carbonyl (C=O) groups is 1. The van der Waals surface area contributed by atoms with Crippen LogP contribution in [0.15, 0.2) is 24.5 Å². The summed E-state index contributed by atoms with van der Waals surface area (Å²) >= 11 is 0. The van der Waals surface area contributed by atoms with Gasteiger partial charge >= 0.3 is 6.18 Å². The number of carbonyl (C=O) groups excluding carboxylic acids is 1. The van der Waals surface area contributed by atoms with Crippen molar-refractivity contribution >= 4 is 33.7 Å². The standard InChI is InChI=1S/C16H15F3N6O/c17-16(18,19)8-22-15(26)9-3-6-25(7-9)14-12-10-1-4-20-13(10)24-23-11(12)2-5-21-14/h1-2,4-5,9,21H,3,6-8H2,(H,22,26). The Hall–Kier alpha value is -2.91. The lowest BCUT2D eigenvalue weighted by molar-refractivity contribution is -0.140. The number of pyridine rings is 1. The van der Waals surface area contributed by atoms with E-state index in [9.17, 15) is 18.0 Å². The fourth-order valence-electron chi connectivity index (χ4n) is 3.29.